The van der Waals surface area contributed by atoms with Crippen molar-refractivity contribution in [2.75, 3.05) is 26.3 Å². The number of hydrogen-bond acceptors (Lipinski definition) is 4. The maximum atomic E-state index is 11.3. The van der Waals surface area contributed by atoms with Crippen molar-refractivity contribution in [3.05, 3.63) is 0 Å². The number of nitrogens with zero attached hydrogens (tertiary/aromatic N) is 1. The highest BCUT2D eigenvalue weighted by Crippen LogP contribution is 2.09. The van der Waals surface area contributed by atoms with E-state index in [0.717, 1.165) is 19.4 Å². The molecule has 2 rings (SSSR count). The number of rotatable bonds is 2. The summed E-state index contributed by atoms with van der Waals surface area (Å²) in [5.74, 6) is -0.426. The first-order valence-corrected chi connectivity index (χ1v) is 4.91. The predicted molar refractivity (Wildman–Crippen MR) is 55.8 cm³/mol. The minimum absolute atomic E-state index is 0. The number of ether oxygens (including phenoxy) is 1. The molecule has 0 bridgehead atoms. The molecule has 1 unspecified atom stereocenters. The number of carbonyl (C=O) groups excluding carboxylic acids is 2. The van der Waals surface area contributed by atoms with Crippen molar-refractivity contribution < 1.29 is 14.3 Å². The molecule has 2 amide bonds. The van der Waals surface area contributed by atoms with Crippen molar-refractivity contribution in [3.8, 4) is 0 Å². The van der Waals surface area contributed by atoms with E-state index in [1.807, 2.05) is 0 Å². The molecule has 1 atom stereocenters. The van der Waals surface area contributed by atoms with Crippen molar-refractivity contribution >= 4 is 24.2 Å². The fourth-order valence-electron chi connectivity index (χ4n) is 1.86. The average Bonchev–Trinajstić information content (AvgIpc) is 2.64. The summed E-state index contributed by atoms with van der Waals surface area (Å²) in [7, 11) is 0. The zero-order chi connectivity index (χ0) is 9.97. The summed E-state index contributed by atoms with van der Waals surface area (Å²) in [5.41, 5.74) is 0. The zero-order valence-corrected chi connectivity index (χ0v) is 9.22. The molecule has 0 aliphatic carbocycles. The molecule has 5 nitrogen and oxygen atoms in total. The molecule has 2 aliphatic rings. The van der Waals surface area contributed by atoms with Crippen molar-refractivity contribution in [3.63, 3.8) is 0 Å². The Balaban J connectivity index is 0.00000112. The van der Waals surface area contributed by atoms with E-state index in [2.05, 4.69) is 5.32 Å². The minimum atomic E-state index is -0.213. The molecule has 0 radical (unpaired) electrons. The quantitative estimate of drug-likeness (QED) is 0.658. The van der Waals surface area contributed by atoms with Crippen LogP contribution < -0.4 is 5.32 Å². The summed E-state index contributed by atoms with van der Waals surface area (Å²) < 4.78 is 4.83. The first kappa shape index (κ1) is 12.4. The number of hydrogen-bond donors (Lipinski definition) is 1. The van der Waals surface area contributed by atoms with Crippen molar-refractivity contribution in [2.45, 2.75) is 18.9 Å². The van der Waals surface area contributed by atoms with Gasteiger partial charge in [-0.25, -0.2) is 0 Å². The molecular weight excluding hydrogens is 220 g/mol. The maximum absolute atomic E-state index is 11.3. The lowest BCUT2D eigenvalue weighted by molar-refractivity contribution is -0.158. The van der Waals surface area contributed by atoms with Crippen LogP contribution in [0.3, 0.4) is 0 Å². The summed E-state index contributed by atoms with van der Waals surface area (Å²) in [6.07, 6.45) is 2.16. The Bertz CT molecular complexity index is 238. The molecule has 86 valence electrons. The van der Waals surface area contributed by atoms with Gasteiger partial charge >= 0.3 is 0 Å². The van der Waals surface area contributed by atoms with Gasteiger partial charge < -0.3 is 10.1 Å². The Kier molecular flexibility index (Phi) is 4.50. The van der Waals surface area contributed by atoms with Crippen molar-refractivity contribution in [1.29, 1.82) is 0 Å². The first-order valence-electron chi connectivity index (χ1n) is 4.91. The smallest absolute Gasteiger partial charge is 0.255 e. The van der Waals surface area contributed by atoms with Crippen LogP contribution in [-0.2, 0) is 14.3 Å². The Morgan fingerprint density at radius 3 is 2.53 bits per heavy atom. The SMILES string of the molecule is Cl.O=C1COCC(=O)N1CC1CCCN1. The lowest BCUT2D eigenvalue weighted by Crippen LogP contribution is -2.50. The van der Waals surface area contributed by atoms with Crippen LogP contribution in [0.2, 0.25) is 0 Å². The van der Waals surface area contributed by atoms with E-state index in [9.17, 15) is 9.59 Å². The van der Waals surface area contributed by atoms with Crippen LogP contribution in [-0.4, -0.2) is 49.1 Å². The van der Waals surface area contributed by atoms with Gasteiger partial charge in [-0.15, -0.1) is 12.4 Å². The molecule has 0 spiro atoms. The van der Waals surface area contributed by atoms with E-state index in [4.69, 9.17) is 4.74 Å². The number of morpholine rings is 1. The Morgan fingerprint density at radius 2 is 2.00 bits per heavy atom. The van der Waals surface area contributed by atoms with Gasteiger partial charge in [-0.3, -0.25) is 14.5 Å². The standard InChI is InChI=1S/C9H14N2O3.ClH/c12-8-5-14-6-9(13)11(8)4-7-2-1-3-10-7;/h7,10H,1-6H2;1H. The third kappa shape index (κ3) is 2.90. The van der Waals surface area contributed by atoms with Gasteiger partial charge in [-0.05, 0) is 19.4 Å². The normalized spacial score (nSPS) is 26.7. The highest BCUT2D eigenvalue weighted by Gasteiger charge is 2.29. The number of carbonyl (C=O) groups is 2. The molecule has 1 N–H and O–H groups in total. The van der Waals surface area contributed by atoms with Gasteiger partial charge in [0, 0.05) is 12.6 Å². The van der Waals surface area contributed by atoms with E-state index in [-0.39, 0.29) is 43.5 Å². The molecule has 15 heavy (non-hydrogen) atoms. The highest BCUT2D eigenvalue weighted by atomic mass is 35.5. The zero-order valence-electron chi connectivity index (χ0n) is 8.40. The van der Waals surface area contributed by atoms with Gasteiger partial charge in [-0.2, -0.15) is 0 Å². The summed E-state index contributed by atoms with van der Waals surface area (Å²) in [4.78, 5) is 24.0. The van der Waals surface area contributed by atoms with Crippen LogP contribution in [0.1, 0.15) is 12.8 Å². The van der Waals surface area contributed by atoms with E-state index in [1.165, 1.54) is 4.90 Å². The third-order valence-electron chi connectivity index (χ3n) is 2.62. The summed E-state index contributed by atoms with van der Waals surface area (Å²) >= 11 is 0. The molecule has 0 saturated carbocycles. The van der Waals surface area contributed by atoms with E-state index < -0.39 is 0 Å². The van der Waals surface area contributed by atoms with Crippen LogP contribution in [0.25, 0.3) is 0 Å². The number of nitrogens with one attached hydrogen (secondary N) is 1. The van der Waals surface area contributed by atoms with Crippen LogP contribution in [0, 0.1) is 0 Å². The third-order valence-corrected chi connectivity index (χ3v) is 2.62. The van der Waals surface area contributed by atoms with Crippen LogP contribution in [0.4, 0.5) is 0 Å². The second-order valence-electron chi connectivity index (χ2n) is 3.68. The molecule has 2 heterocycles. The molecule has 2 aliphatic heterocycles. The number of imide groups is 1. The fourth-order valence-corrected chi connectivity index (χ4v) is 1.86. The summed E-state index contributed by atoms with van der Waals surface area (Å²) in [6.45, 7) is 1.56. The fraction of sp³-hybridized carbons (Fsp3) is 0.778. The van der Waals surface area contributed by atoms with Gasteiger partial charge in [0.2, 0.25) is 0 Å². The van der Waals surface area contributed by atoms with Gasteiger partial charge in [0.1, 0.15) is 13.2 Å². The lowest BCUT2D eigenvalue weighted by atomic mass is 10.2. The first-order chi connectivity index (χ1) is 6.77. The maximum Gasteiger partial charge on any atom is 0.255 e. The highest BCUT2D eigenvalue weighted by molar-refractivity contribution is 5.98. The second-order valence-corrected chi connectivity index (χ2v) is 3.68. The molecule has 0 aromatic rings. The van der Waals surface area contributed by atoms with Gasteiger partial charge in [0.05, 0.1) is 0 Å². The lowest BCUT2D eigenvalue weighted by Gasteiger charge is -2.27. The predicted octanol–water partition coefficient (Wildman–Crippen LogP) is -0.454. The summed E-state index contributed by atoms with van der Waals surface area (Å²) in [6, 6.07) is 0.279. The average molecular weight is 235 g/mol. The molecule has 0 aromatic carbocycles. The summed E-state index contributed by atoms with van der Waals surface area (Å²) in [5, 5.41) is 3.26. The van der Waals surface area contributed by atoms with Crippen LogP contribution in [0.5, 0.6) is 0 Å². The van der Waals surface area contributed by atoms with Crippen LogP contribution >= 0.6 is 12.4 Å². The molecular formula is C9H15ClN2O3. The largest absolute Gasteiger partial charge is 0.362 e. The van der Waals surface area contributed by atoms with Crippen LogP contribution in [0.15, 0.2) is 0 Å². The van der Waals surface area contributed by atoms with E-state index in [1.54, 1.807) is 0 Å². The number of halogens is 1. The second kappa shape index (κ2) is 5.44. The van der Waals surface area contributed by atoms with Gasteiger partial charge in [-0.1, -0.05) is 0 Å². The van der Waals surface area contributed by atoms with Gasteiger partial charge in [0.25, 0.3) is 11.8 Å². The monoisotopic (exact) mass is 234 g/mol. The Labute approximate surface area is 94.5 Å². The Hall–Kier alpha value is -0.650. The Morgan fingerprint density at radius 1 is 1.33 bits per heavy atom. The molecule has 2 saturated heterocycles. The van der Waals surface area contributed by atoms with E-state index in [0.29, 0.717) is 6.54 Å². The van der Waals surface area contributed by atoms with Crippen molar-refractivity contribution in [2.24, 2.45) is 0 Å². The van der Waals surface area contributed by atoms with Gasteiger partial charge in [0.15, 0.2) is 0 Å². The molecule has 0 aromatic heterocycles. The molecule has 6 heteroatoms. The van der Waals surface area contributed by atoms with E-state index >= 15 is 0 Å². The van der Waals surface area contributed by atoms with Crippen molar-refractivity contribution in [1.82, 2.24) is 10.2 Å². The molecule has 2 fully saturated rings. The topological polar surface area (TPSA) is 58.6 Å². The minimum Gasteiger partial charge on any atom is -0.362 e. The number of amides is 2.